The number of methoxy groups -OCH3 is 1. The lowest BCUT2D eigenvalue weighted by atomic mass is 10.0. The number of thioether (sulfide) groups is 1. The van der Waals surface area contributed by atoms with Crippen molar-refractivity contribution in [3.05, 3.63) is 65.7 Å². The molecular weight excluding hydrogens is 336 g/mol. The molecule has 0 aromatic heterocycles. The van der Waals surface area contributed by atoms with Crippen molar-refractivity contribution in [3.8, 4) is 5.75 Å². The van der Waals surface area contributed by atoms with Crippen LogP contribution in [0.4, 0.5) is 0 Å². The molecule has 25 heavy (non-hydrogen) atoms. The molecule has 1 aliphatic heterocycles. The van der Waals surface area contributed by atoms with Gasteiger partial charge in [0.15, 0.2) is 0 Å². The third-order valence-corrected chi connectivity index (χ3v) is 5.22. The number of ether oxygens (including phenoxy) is 2. The van der Waals surface area contributed by atoms with E-state index >= 15 is 0 Å². The predicted octanol–water partition coefficient (Wildman–Crippen LogP) is 3.50. The first-order valence-electron chi connectivity index (χ1n) is 8.06. The Morgan fingerprint density at radius 2 is 1.88 bits per heavy atom. The molecule has 0 fully saturated rings. The molecule has 2 aromatic rings. The zero-order valence-electron chi connectivity index (χ0n) is 14.2. The third kappa shape index (κ3) is 3.79. The van der Waals surface area contributed by atoms with E-state index in [0.717, 1.165) is 21.9 Å². The van der Waals surface area contributed by atoms with Crippen molar-refractivity contribution in [2.75, 3.05) is 13.7 Å². The molecule has 0 spiro atoms. The summed E-state index contributed by atoms with van der Waals surface area (Å²) in [6.45, 7) is 2.16. The number of hydrogen-bond acceptors (Lipinski definition) is 6. The first-order valence-corrected chi connectivity index (χ1v) is 8.88. The second-order valence-corrected chi connectivity index (χ2v) is 6.82. The first-order chi connectivity index (χ1) is 12.2. The molecule has 1 heterocycles. The Labute approximate surface area is 151 Å². The Hall–Kier alpha value is -2.47. The summed E-state index contributed by atoms with van der Waals surface area (Å²) in [5.74, 6) is 0.505. The van der Waals surface area contributed by atoms with Gasteiger partial charge in [-0.05, 0) is 24.6 Å². The molecule has 3 rings (SSSR count). The summed E-state index contributed by atoms with van der Waals surface area (Å²) < 4.78 is 10.4. The number of esters is 1. The summed E-state index contributed by atoms with van der Waals surface area (Å²) in [5.41, 5.74) is 5.13. The van der Waals surface area contributed by atoms with Gasteiger partial charge < -0.3 is 9.47 Å². The first kappa shape index (κ1) is 17.4. The van der Waals surface area contributed by atoms with E-state index in [2.05, 4.69) is 10.5 Å². The summed E-state index contributed by atoms with van der Waals surface area (Å²) in [4.78, 5) is 11.5. The molecule has 1 atom stereocenters. The highest BCUT2D eigenvalue weighted by Gasteiger charge is 2.41. The molecule has 1 N–H and O–H groups in total. The van der Waals surface area contributed by atoms with Crippen LogP contribution in [0.15, 0.2) is 59.7 Å². The average Bonchev–Trinajstić information content (AvgIpc) is 3.08. The molecule has 6 heteroatoms. The maximum Gasteiger partial charge on any atom is 0.309 e. The van der Waals surface area contributed by atoms with Crippen LogP contribution in [-0.4, -0.2) is 24.7 Å². The normalized spacial score (nSPS) is 19.0. The van der Waals surface area contributed by atoms with Crippen molar-refractivity contribution in [1.29, 1.82) is 0 Å². The minimum atomic E-state index is -0.691. The lowest BCUT2D eigenvalue weighted by molar-refractivity contribution is -0.144. The number of carbonyl (C=O) groups is 1. The topological polar surface area (TPSA) is 59.9 Å². The van der Waals surface area contributed by atoms with E-state index in [0.29, 0.717) is 6.61 Å². The lowest BCUT2D eigenvalue weighted by Gasteiger charge is -2.27. The van der Waals surface area contributed by atoms with Crippen molar-refractivity contribution in [2.45, 2.75) is 18.2 Å². The van der Waals surface area contributed by atoms with Gasteiger partial charge >= 0.3 is 5.97 Å². The Balaban J connectivity index is 1.90. The summed E-state index contributed by atoms with van der Waals surface area (Å²) in [6, 6.07) is 17.6. The van der Waals surface area contributed by atoms with Crippen molar-refractivity contribution in [3.63, 3.8) is 0 Å². The van der Waals surface area contributed by atoms with Gasteiger partial charge in [0.1, 0.15) is 15.7 Å². The van der Waals surface area contributed by atoms with Crippen LogP contribution in [0.5, 0.6) is 5.75 Å². The van der Waals surface area contributed by atoms with E-state index in [1.807, 2.05) is 54.6 Å². The SMILES string of the molecule is CCOC(=O)C[C@@]1(c2ccc(OC)cc2)NN=C(c2ccccc2)S1. The molecule has 0 saturated carbocycles. The fraction of sp³-hybridized carbons (Fsp3) is 0.263. The predicted molar refractivity (Wildman–Crippen MR) is 99.6 cm³/mol. The summed E-state index contributed by atoms with van der Waals surface area (Å²) in [7, 11) is 1.63. The van der Waals surface area contributed by atoms with E-state index in [1.165, 1.54) is 11.8 Å². The minimum absolute atomic E-state index is 0.178. The van der Waals surface area contributed by atoms with Gasteiger partial charge in [0.2, 0.25) is 0 Å². The van der Waals surface area contributed by atoms with Gasteiger partial charge in [-0.3, -0.25) is 10.2 Å². The van der Waals surface area contributed by atoms with Gasteiger partial charge in [0.25, 0.3) is 0 Å². The Bertz CT molecular complexity index is 762. The maximum atomic E-state index is 12.2. The van der Waals surface area contributed by atoms with E-state index in [4.69, 9.17) is 9.47 Å². The molecule has 0 radical (unpaired) electrons. The van der Waals surface area contributed by atoms with Crippen LogP contribution < -0.4 is 10.2 Å². The average molecular weight is 356 g/mol. The van der Waals surface area contributed by atoms with Gasteiger partial charge in [-0.2, -0.15) is 5.10 Å². The van der Waals surface area contributed by atoms with Gasteiger partial charge in [-0.25, -0.2) is 0 Å². The summed E-state index contributed by atoms with van der Waals surface area (Å²) in [6.07, 6.45) is 0.178. The van der Waals surface area contributed by atoms with Crippen LogP contribution >= 0.6 is 11.8 Å². The van der Waals surface area contributed by atoms with E-state index < -0.39 is 4.87 Å². The standard InChI is InChI=1S/C19H20N2O3S/c1-3-24-17(22)13-19(15-9-11-16(23-2)12-10-15)21-20-18(25-19)14-7-5-4-6-8-14/h4-12,21H,3,13H2,1-2H3/t19-/m1/s1. The highest BCUT2D eigenvalue weighted by molar-refractivity contribution is 8.15. The van der Waals surface area contributed by atoms with Gasteiger partial charge in [0, 0.05) is 5.56 Å². The second-order valence-electron chi connectivity index (χ2n) is 5.53. The molecule has 0 bridgehead atoms. The van der Waals surface area contributed by atoms with Crippen molar-refractivity contribution in [1.82, 2.24) is 5.43 Å². The summed E-state index contributed by atoms with van der Waals surface area (Å²) in [5, 5.41) is 5.33. The van der Waals surface area contributed by atoms with E-state index in [1.54, 1.807) is 14.0 Å². The fourth-order valence-electron chi connectivity index (χ4n) is 2.63. The Morgan fingerprint density at radius 3 is 2.52 bits per heavy atom. The number of nitrogens with one attached hydrogen (secondary N) is 1. The molecule has 0 aliphatic carbocycles. The fourth-order valence-corrected chi connectivity index (χ4v) is 3.84. The van der Waals surface area contributed by atoms with E-state index in [9.17, 15) is 4.79 Å². The third-order valence-electron chi connectivity index (χ3n) is 3.88. The zero-order valence-corrected chi connectivity index (χ0v) is 15.0. The van der Waals surface area contributed by atoms with Gasteiger partial charge in [-0.1, -0.05) is 54.2 Å². The summed E-state index contributed by atoms with van der Waals surface area (Å²) >= 11 is 1.53. The molecule has 1 aliphatic rings. The van der Waals surface area contributed by atoms with E-state index in [-0.39, 0.29) is 12.4 Å². The number of hydrazone groups is 1. The van der Waals surface area contributed by atoms with Crippen LogP contribution in [0.1, 0.15) is 24.5 Å². The molecule has 5 nitrogen and oxygen atoms in total. The van der Waals surface area contributed by atoms with Gasteiger partial charge in [0.05, 0.1) is 20.1 Å². The van der Waals surface area contributed by atoms with Crippen LogP contribution in [0.3, 0.4) is 0 Å². The van der Waals surface area contributed by atoms with Crippen molar-refractivity contribution < 1.29 is 14.3 Å². The Kier molecular flexibility index (Phi) is 5.28. The van der Waals surface area contributed by atoms with Crippen molar-refractivity contribution in [2.24, 2.45) is 5.10 Å². The van der Waals surface area contributed by atoms with Crippen molar-refractivity contribution >= 4 is 22.8 Å². The smallest absolute Gasteiger partial charge is 0.309 e. The highest BCUT2D eigenvalue weighted by atomic mass is 32.2. The number of nitrogens with zero attached hydrogens (tertiary/aromatic N) is 1. The molecule has 0 saturated heterocycles. The molecule has 0 amide bonds. The lowest BCUT2D eigenvalue weighted by Crippen LogP contribution is -2.36. The van der Waals surface area contributed by atoms with Gasteiger partial charge in [-0.15, -0.1) is 0 Å². The monoisotopic (exact) mass is 356 g/mol. The number of rotatable bonds is 6. The number of hydrogen-bond donors (Lipinski definition) is 1. The highest BCUT2D eigenvalue weighted by Crippen LogP contribution is 2.43. The quantitative estimate of drug-likeness (QED) is 0.803. The molecular formula is C19H20N2O3S. The number of carbonyl (C=O) groups excluding carboxylic acids is 1. The van der Waals surface area contributed by atoms with Crippen LogP contribution in [0, 0.1) is 0 Å². The largest absolute Gasteiger partial charge is 0.497 e. The Morgan fingerprint density at radius 1 is 1.16 bits per heavy atom. The molecule has 130 valence electrons. The zero-order chi connectivity index (χ0) is 17.7. The van der Waals surface area contributed by atoms with Crippen LogP contribution in [0.2, 0.25) is 0 Å². The second kappa shape index (κ2) is 7.61. The molecule has 0 unspecified atom stereocenters. The van der Waals surface area contributed by atoms with Crippen LogP contribution in [0.25, 0.3) is 0 Å². The maximum absolute atomic E-state index is 12.2. The molecule has 2 aromatic carbocycles. The van der Waals surface area contributed by atoms with Crippen LogP contribution in [-0.2, 0) is 14.4 Å². The minimum Gasteiger partial charge on any atom is -0.497 e. The number of benzene rings is 2.